The van der Waals surface area contributed by atoms with E-state index in [0.717, 1.165) is 17.3 Å². The van der Waals surface area contributed by atoms with Gasteiger partial charge in [-0.2, -0.15) is 5.10 Å². The maximum Gasteiger partial charge on any atom is 0.270 e. The summed E-state index contributed by atoms with van der Waals surface area (Å²) >= 11 is 0. The van der Waals surface area contributed by atoms with E-state index >= 15 is 0 Å². The Morgan fingerprint density at radius 1 is 1.17 bits per heavy atom. The SMILES string of the molecule is CC(C)c1cnn2c(C(=O)NCc3ccc(O)cc3)cc(-c3cncc(F)c3)nc12. The van der Waals surface area contributed by atoms with Gasteiger partial charge in [-0.05, 0) is 35.7 Å². The summed E-state index contributed by atoms with van der Waals surface area (Å²) < 4.78 is 15.2. The largest absolute Gasteiger partial charge is 0.508 e. The van der Waals surface area contributed by atoms with Gasteiger partial charge in [-0.25, -0.2) is 13.9 Å². The fourth-order valence-electron chi connectivity index (χ4n) is 3.14. The minimum absolute atomic E-state index is 0.142. The molecule has 0 saturated heterocycles. The van der Waals surface area contributed by atoms with E-state index in [1.54, 1.807) is 36.5 Å². The molecule has 0 aliphatic heterocycles. The lowest BCUT2D eigenvalue weighted by molar-refractivity contribution is 0.0943. The zero-order valence-corrected chi connectivity index (χ0v) is 16.5. The van der Waals surface area contributed by atoms with Crippen molar-refractivity contribution in [3.8, 4) is 17.0 Å². The molecular formula is C22H20FN5O2. The third-order valence-electron chi connectivity index (χ3n) is 4.74. The molecular weight excluding hydrogens is 385 g/mol. The summed E-state index contributed by atoms with van der Waals surface area (Å²) in [6, 6.07) is 9.48. The first-order valence-corrected chi connectivity index (χ1v) is 9.48. The molecule has 0 spiro atoms. The molecule has 7 nitrogen and oxygen atoms in total. The summed E-state index contributed by atoms with van der Waals surface area (Å²) in [7, 11) is 0. The fourth-order valence-corrected chi connectivity index (χ4v) is 3.14. The molecule has 0 unspecified atom stereocenters. The molecule has 3 aromatic heterocycles. The maximum atomic E-state index is 13.7. The van der Waals surface area contributed by atoms with Crippen LogP contribution in [-0.2, 0) is 6.54 Å². The molecule has 4 aromatic rings. The van der Waals surface area contributed by atoms with Crippen LogP contribution in [0.2, 0.25) is 0 Å². The van der Waals surface area contributed by atoms with Crippen molar-refractivity contribution in [3.05, 3.63) is 77.6 Å². The monoisotopic (exact) mass is 405 g/mol. The number of hydrogen-bond acceptors (Lipinski definition) is 5. The van der Waals surface area contributed by atoms with Gasteiger partial charge in [-0.15, -0.1) is 0 Å². The van der Waals surface area contributed by atoms with Gasteiger partial charge in [-0.1, -0.05) is 26.0 Å². The Bertz CT molecular complexity index is 1220. The summed E-state index contributed by atoms with van der Waals surface area (Å²) in [5.74, 6) is -0.527. The van der Waals surface area contributed by atoms with Crippen molar-refractivity contribution in [2.75, 3.05) is 0 Å². The van der Waals surface area contributed by atoms with Crippen LogP contribution in [0.25, 0.3) is 16.9 Å². The number of benzene rings is 1. The second-order valence-corrected chi connectivity index (χ2v) is 7.26. The van der Waals surface area contributed by atoms with Crippen LogP contribution in [-0.4, -0.2) is 30.6 Å². The van der Waals surface area contributed by atoms with Crippen LogP contribution >= 0.6 is 0 Å². The van der Waals surface area contributed by atoms with E-state index in [1.165, 1.54) is 16.8 Å². The molecule has 2 N–H and O–H groups in total. The highest BCUT2D eigenvalue weighted by atomic mass is 19.1. The van der Waals surface area contributed by atoms with Gasteiger partial charge < -0.3 is 10.4 Å². The molecule has 0 fully saturated rings. The topological polar surface area (TPSA) is 92.4 Å². The summed E-state index contributed by atoms with van der Waals surface area (Å²) in [4.78, 5) is 21.5. The number of aromatic hydroxyl groups is 1. The number of pyridine rings is 1. The highest BCUT2D eigenvalue weighted by molar-refractivity contribution is 5.94. The number of phenolic OH excluding ortho intramolecular Hbond substituents is 1. The molecule has 0 bridgehead atoms. The Morgan fingerprint density at radius 2 is 1.93 bits per heavy atom. The van der Waals surface area contributed by atoms with Gasteiger partial charge in [0.15, 0.2) is 5.65 Å². The smallest absolute Gasteiger partial charge is 0.270 e. The first kappa shape index (κ1) is 19.5. The van der Waals surface area contributed by atoms with Gasteiger partial charge in [0.1, 0.15) is 17.3 Å². The average molecular weight is 405 g/mol. The van der Waals surface area contributed by atoms with Crippen molar-refractivity contribution in [1.29, 1.82) is 0 Å². The lowest BCUT2D eigenvalue weighted by atomic mass is 10.1. The van der Waals surface area contributed by atoms with Gasteiger partial charge >= 0.3 is 0 Å². The minimum Gasteiger partial charge on any atom is -0.508 e. The number of fused-ring (bicyclic) bond motifs is 1. The van der Waals surface area contributed by atoms with Crippen molar-refractivity contribution in [1.82, 2.24) is 24.9 Å². The minimum atomic E-state index is -0.481. The molecule has 0 saturated carbocycles. The first-order chi connectivity index (χ1) is 14.4. The number of nitrogens with zero attached hydrogens (tertiary/aromatic N) is 4. The van der Waals surface area contributed by atoms with Gasteiger partial charge in [0, 0.05) is 23.9 Å². The highest BCUT2D eigenvalue weighted by Crippen LogP contribution is 2.25. The molecule has 0 aliphatic rings. The second-order valence-electron chi connectivity index (χ2n) is 7.26. The van der Waals surface area contributed by atoms with E-state index < -0.39 is 5.82 Å². The predicted molar refractivity (Wildman–Crippen MR) is 110 cm³/mol. The van der Waals surface area contributed by atoms with E-state index in [-0.39, 0.29) is 29.8 Å². The Balaban J connectivity index is 1.75. The number of hydrogen-bond donors (Lipinski definition) is 2. The number of phenols is 1. The lowest BCUT2D eigenvalue weighted by Crippen LogP contribution is -2.25. The number of nitrogens with one attached hydrogen (secondary N) is 1. The molecule has 30 heavy (non-hydrogen) atoms. The van der Waals surface area contributed by atoms with Crippen molar-refractivity contribution >= 4 is 11.6 Å². The summed E-state index contributed by atoms with van der Waals surface area (Å²) in [6.07, 6.45) is 4.31. The van der Waals surface area contributed by atoms with Crippen molar-refractivity contribution in [2.45, 2.75) is 26.3 Å². The predicted octanol–water partition coefficient (Wildman–Crippen LogP) is 3.69. The van der Waals surface area contributed by atoms with Gasteiger partial charge in [0.2, 0.25) is 0 Å². The molecule has 0 atom stereocenters. The number of carbonyl (C=O) groups excluding carboxylic acids is 1. The van der Waals surface area contributed by atoms with Crippen LogP contribution < -0.4 is 5.32 Å². The van der Waals surface area contributed by atoms with Crippen molar-refractivity contribution < 1.29 is 14.3 Å². The summed E-state index contributed by atoms with van der Waals surface area (Å²) in [6.45, 7) is 4.30. The van der Waals surface area contributed by atoms with Crippen molar-refractivity contribution in [3.63, 3.8) is 0 Å². The Labute approximate surface area is 172 Å². The first-order valence-electron chi connectivity index (χ1n) is 9.48. The molecule has 0 aliphatic carbocycles. The average Bonchev–Trinajstić information content (AvgIpc) is 3.17. The quantitative estimate of drug-likeness (QED) is 0.528. The molecule has 3 heterocycles. The number of carbonyl (C=O) groups is 1. The van der Waals surface area contributed by atoms with Gasteiger partial charge in [0.25, 0.3) is 5.91 Å². The Morgan fingerprint density at radius 3 is 2.63 bits per heavy atom. The van der Waals surface area contributed by atoms with Crippen LogP contribution in [0.15, 0.2) is 55.0 Å². The number of rotatable bonds is 5. The van der Waals surface area contributed by atoms with Crippen LogP contribution in [0, 0.1) is 5.82 Å². The molecule has 4 rings (SSSR count). The Kier molecular flexibility index (Phi) is 5.14. The molecule has 8 heteroatoms. The van der Waals surface area contributed by atoms with Crippen LogP contribution in [0.4, 0.5) is 4.39 Å². The van der Waals surface area contributed by atoms with Crippen molar-refractivity contribution in [2.24, 2.45) is 0 Å². The third-order valence-corrected chi connectivity index (χ3v) is 4.74. The van der Waals surface area contributed by atoms with Crippen LogP contribution in [0.1, 0.15) is 41.4 Å². The molecule has 0 radical (unpaired) electrons. The van der Waals surface area contributed by atoms with E-state index in [0.29, 0.717) is 16.9 Å². The number of aromatic nitrogens is 4. The fraction of sp³-hybridized carbons (Fsp3) is 0.182. The van der Waals surface area contributed by atoms with E-state index in [4.69, 9.17) is 0 Å². The zero-order chi connectivity index (χ0) is 21.3. The number of halogens is 1. The number of amides is 1. The summed E-state index contributed by atoms with van der Waals surface area (Å²) in [5, 5.41) is 16.6. The van der Waals surface area contributed by atoms with E-state index in [1.807, 2.05) is 13.8 Å². The van der Waals surface area contributed by atoms with Gasteiger partial charge in [-0.3, -0.25) is 9.78 Å². The van der Waals surface area contributed by atoms with E-state index in [9.17, 15) is 14.3 Å². The van der Waals surface area contributed by atoms with Gasteiger partial charge in [0.05, 0.1) is 18.1 Å². The molecule has 1 aromatic carbocycles. The zero-order valence-electron chi connectivity index (χ0n) is 16.5. The second kappa shape index (κ2) is 7.90. The molecule has 152 valence electrons. The van der Waals surface area contributed by atoms with Crippen LogP contribution in [0.3, 0.4) is 0 Å². The summed E-state index contributed by atoms with van der Waals surface area (Å²) in [5.41, 5.74) is 3.46. The maximum absolute atomic E-state index is 13.7. The van der Waals surface area contributed by atoms with E-state index in [2.05, 4.69) is 20.4 Å². The highest BCUT2D eigenvalue weighted by Gasteiger charge is 2.19. The third kappa shape index (κ3) is 3.84. The standard InChI is InChI=1S/C22H20FN5O2/c1-13(2)18-12-26-28-20(22(30)25-9-14-3-5-17(29)6-4-14)8-19(27-21(18)28)15-7-16(23)11-24-10-15/h3-8,10-13,29H,9H2,1-2H3,(H,25,30). The lowest BCUT2D eigenvalue weighted by Gasteiger charge is -2.11. The normalized spacial score (nSPS) is 11.2. The Hall–Kier alpha value is -3.81. The molecule has 1 amide bonds. The van der Waals surface area contributed by atoms with Crippen LogP contribution in [0.5, 0.6) is 5.75 Å².